The Morgan fingerprint density at radius 1 is 1.50 bits per heavy atom. The second kappa shape index (κ2) is 4.38. The summed E-state index contributed by atoms with van der Waals surface area (Å²) in [5.74, 6) is -0.00338. The van der Waals surface area contributed by atoms with Crippen molar-refractivity contribution < 1.29 is 4.79 Å². The van der Waals surface area contributed by atoms with Crippen LogP contribution in [0.4, 0.5) is 5.82 Å². The van der Waals surface area contributed by atoms with Gasteiger partial charge >= 0.3 is 0 Å². The number of hydrogen-bond donors (Lipinski definition) is 2. The molecule has 2 aromatic heterocycles. The van der Waals surface area contributed by atoms with E-state index in [1.165, 1.54) is 11.3 Å². The summed E-state index contributed by atoms with van der Waals surface area (Å²) in [6.45, 7) is 0.334. The van der Waals surface area contributed by atoms with E-state index in [9.17, 15) is 4.79 Å². The van der Waals surface area contributed by atoms with Crippen molar-refractivity contribution in [2.24, 2.45) is 5.73 Å². The number of nitrogens with two attached hydrogens (primary N) is 2. The van der Waals surface area contributed by atoms with Gasteiger partial charge in [-0.05, 0) is 12.1 Å². The molecule has 0 saturated carbocycles. The molecular formula is C10H10N4OS. The summed E-state index contributed by atoms with van der Waals surface area (Å²) in [7, 11) is 0. The average molecular weight is 234 g/mol. The topological polar surface area (TPSA) is 94.9 Å². The van der Waals surface area contributed by atoms with Crippen LogP contribution in [0.5, 0.6) is 0 Å². The lowest BCUT2D eigenvalue weighted by Crippen LogP contribution is -2.07. The van der Waals surface area contributed by atoms with Crippen LogP contribution in [0, 0.1) is 0 Å². The van der Waals surface area contributed by atoms with E-state index in [-0.39, 0.29) is 11.6 Å². The Morgan fingerprint density at radius 3 is 2.94 bits per heavy atom. The largest absolute Gasteiger partial charge is 0.383 e. The zero-order valence-electron chi connectivity index (χ0n) is 8.38. The smallest absolute Gasteiger partial charge is 0.215 e. The first kappa shape index (κ1) is 10.7. The molecule has 0 atom stereocenters. The maximum absolute atomic E-state index is 12.0. The maximum Gasteiger partial charge on any atom is 0.215 e. The first-order chi connectivity index (χ1) is 7.72. The van der Waals surface area contributed by atoms with Crippen molar-refractivity contribution in [3.8, 4) is 0 Å². The molecular weight excluding hydrogens is 224 g/mol. The van der Waals surface area contributed by atoms with E-state index in [0.29, 0.717) is 17.8 Å². The van der Waals surface area contributed by atoms with Gasteiger partial charge in [-0.3, -0.25) is 4.79 Å². The van der Waals surface area contributed by atoms with Crippen LogP contribution in [0.25, 0.3) is 0 Å². The van der Waals surface area contributed by atoms with Crippen LogP contribution >= 0.6 is 11.3 Å². The lowest BCUT2D eigenvalue weighted by molar-refractivity contribution is 0.103. The van der Waals surface area contributed by atoms with E-state index in [1.54, 1.807) is 23.7 Å². The molecule has 0 unspecified atom stereocenters. The standard InChI is InChI=1S/C10H10N4OS/c11-4-8-14-7(5-16-8)9(15)6-2-1-3-13-10(6)12/h1-3,5H,4,11H2,(H2,12,13). The number of carbonyl (C=O) groups excluding carboxylic acids is 1. The van der Waals surface area contributed by atoms with Crippen LogP contribution in [0.15, 0.2) is 23.7 Å². The summed E-state index contributed by atoms with van der Waals surface area (Å²) in [5.41, 5.74) is 11.8. The lowest BCUT2D eigenvalue weighted by atomic mass is 10.1. The molecule has 0 radical (unpaired) electrons. The highest BCUT2D eigenvalue weighted by Crippen LogP contribution is 2.16. The van der Waals surface area contributed by atoms with Gasteiger partial charge in [-0.1, -0.05) is 0 Å². The van der Waals surface area contributed by atoms with Crippen LogP contribution in [0.1, 0.15) is 21.1 Å². The molecule has 0 amide bonds. The Hall–Kier alpha value is -1.79. The second-order valence-corrected chi connectivity index (χ2v) is 4.04. The normalized spacial score (nSPS) is 10.3. The fourth-order valence-corrected chi connectivity index (χ4v) is 1.91. The third kappa shape index (κ3) is 1.93. The summed E-state index contributed by atoms with van der Waals surface area (Å²) in [6, 6.07) is 3.30. The third-order valence-corrected chi connectivity index (χ3v) is 2.91. The van der Waals surface area contributed by atoms with Crippen LogP contribution < -0.4 is 11.5 Å². The van der Waals surface area contributed by atoms with Gasteiger partial charge in [-0.25, -0.2) is 9.97 Å². The van der Waals surface area contributed by atoms with Gasteiger partial charge in [0.1, 0.15) is 16.5 Å². The Kier molecular flexibility index (Phi) is 2.93. The van der Waals surface area contributed by atoms with Crippen LogP contribution in [0.3, 0.4) is 0 Å². The molecule has 0 saturated heterocycles. The van der Waals surface area contributed by atoms with Gasteiger partial charge in [0.25, 0.3) is 0 Å². The van der Waals surface area contributed by atoms with Gasteiger partial charge in [0.15, 0.2) is 0 Å². The molecule has 0 aliphatic heterocycles. The molecule has 0 aliphatic carbocycles. The van der Waals surface area contributed by atoms with E-state index in [1.807, 2.05) is 0 Å². The number of carbonyl (C=O) groups is 1. The maximum atomic E-state index is 12.0. The van der Waals surface area contributed by atoms with Crippen molar-refractivity contribution in [1.82, 2.24) is 9.97 Å². The van der Waals surface area contributed by atoms with Crippen LogP contribution in [0.2, 0.25) is 0 Å². The number of hydrogen-bond acceptors (Lipinski definition) is 6. The average Bonchev–Trinajstić information content (AvgIpc) is 2.77. The van der Waals surface area contributed by atoms with E-state index in [2.05, 4.69) is 9.97 Å². The summed E-state index contributed by atoms with van der Waals surface area (Å²) < 4.78 is 0. The van der Waals surface area contributed by atoms with Crippen LogP contribution in [-0.2, 0) is 6.54 Å². The Morgan fingerprint density at radius 2 is 2.31 bits per heavy atom. The first-order valence-electron chi connectivity index (χ1n) is 4.62. The third-order valence-electron chi connectivity index (χ3n) is 2.04. The SMILES string of the molecule is NCc1nc(C(=O)c2cccnc2N)cs1. The molecule has 82 valence electrons. The van der Waals surface area contributed by atoms with Crippen molar-refractivity contribution in [3.63, 3.8) is 0 Å². The van der Waals surface area contributed by atoms with Gasteiger partial charge in [-0.2, -0.15) is 0 Å². The summed E-state index contributed by atoms with van der Waals surface area (Å²) >= 11 is 1.36. The summed E-state index contributed by atoms with van der Waals surface area (Å²) in [6.07, 6.45) is 1.54. The molecule has 16 heavy (non-hydrogen) atoms. The molecule has 2 heterocycles. The number of thiazole rings is 1. The Balaban J connectivity index is 2.35. The van der Waals surface area contributed by atoms with E-state index in [0.717, 1.165) is 5.01 Å². The van der Waals surface area contributed by atoms with Gasteiger partial charge < -0.3 is 11.5 Å². The van der Waals surface area contributed by atoms with Gasteiger partial charge in [0.05, 0.1) is 5.56 Å². The number of nitrogen functional groups attached to an aromatic ring is 1. The highest BCUT2D eigenvalue weighted by molar-refractivity contribution is 7.09. The number of ketones is 1. The van der Waals surface area contributed by atoms with Crippen molar-refractivity contribution in [1.29, 1.82) is 0 Å². The molecule has 2 aromatic rings. The van der Waals surface area contributed by atoms with Gasteiger partial charge in [-0.15, -0.1) is 11.3 Å². The van der Waals surface area contributed by atoms with Gasteiger partial charge in [0, 0.05) is 18.1 Å². The molecule has 0 aromatic carbocycles. The summed E-state index contributed by atoms with van der Waals surface area (Å²) in [5, 5.41) is 2.41. The molecule has 2 rings (SSSR count). The monoisotopic (exact) mass is 234 g/mol. The first-order valence-corrected chi connectivity index (χ1v) is 5.50. The van der Waals surface area contributed by atoms with E-state index in [4.69, 9.17) is 11.5 Å². The number of anilines is 1. The van der Waals surface area contributed by atoms with E-state index >= 15 is 0 Å². The molecule has 0 bridgehead atoms. The van der Waals surface area contributed by atoms with Crippen molar-refractivity contribution >= 4 is 22.9 Å². The molecule has 6 heteroatoms. The summed E-state index contributed by atoms with van der Waals surface area (Å²) in [4.78, 5) is 19.9. The van der Waals surface area contributed by atoms with Crippen molar-refractivity contribution in [2.45, 2.75) is 6.54 Å². The predicted molar refractivity (Wildman–Crippen MR) is 62.1 cm³/mol. The second-order valence-electron chi connectivity index (χ2n) is 3.10. The highest BCUT2D eigenvalue weighted by atomic mass is 32.1. The lowest BCUT2D eigenvalue weighted by Gasteiger charge is -2.00. The molecule has 0 aliphatic rings. The zero-order valence-corrected chi connectivity index (χ0v) is 9.20. The fourth-order valence-electron chi connectivity index (χ4n) is 1.26. The number of rotatable bonds is 3. The van der Waals surface area contributed by atoms with Crippen LogP contribution in [-0.4, -0.2) is 15.8 Å². The Labute approximate surface area is 96.1 Å². The minimum Gasteiger partial charge on any atom is -0.383 e. The predicted octanol–water partition coefficient (Wildman–Crippen LogP) is 0.810. The van der Waals surface area contributed by atoms with E-state index < -0.39 is 0 Å². The van der Waals surface area contributed by atoms with Gasteiger partial charge in [0.2, 0.25) is 5.78 Å². The highest BCUT2D eigenvalue weighted by Gasteiger charge is 2.15. The molecule has 0 spiro atoms. The number of aromatic nitrogens is 2. The fraction of sp³-hybridized carbons (Fsp3) is 0.100. The van der Waals surface area contributed by atoms with Crippen molar-refractivity contribution in [2.75, 3.05) is 5.73 Å². The quantitative estimate of drug-likeness (QED) is 0.766. The number of pyridine rings is 1. The minimum atomic E-state index is -0.221. The molecule has 5 nitrogen and oxygen atoms in total. The molecule has 4 N–H and O–H groups in total. The van der Waals surface area contributed by atoms with Crippen molar-refractivity contribution in [3.05, 3.63) is 40.0 Å². The zero-order chi connectivity index (χ0) is 11.5. The molecule has 0 fully saturated rings. The number of nitrogens with zero attached hydrogens (tertiary/aromatic N) is 2. The minimum absolute atomic E-state index is 0.217. The Bertz CT molecular complexity index is 523.